The summed E-state index contributed by atoms with van der Waals surface area (Å²) in [4.78, 5) is 36.0. The minimum atomic E-state index is -0.600. The Labute approximate surface area is 150 Å². The Morgan fingerprint density at radius 3 is 2.73 bits per heavy atom. The van der Waals surface area contributed by atoms with E-state index in [0.29, 0.717) is 16.9 Å². The third kappa shape index (κ3) is 4.46. The molecule has 7 nitrogen and oxygen atoms in total. The second-order valence-electron chi connectivity index (χ2n) is 5.71. The lowest BCUT2D eigenvalue weighted by molar-refractivity contribution is -0.119. The maximum Gasteiger partial charge on any atom is 0.265 e. The minimum absolute atomic E-state index is 0.0610. The highest BCUT2D eigenvalue weighted by Crippen LogP contribution is 2.17. The number of pyridine rings is 1. The van der Waals surface area contributed by atoms with Gasteiger partial charge in [-0.25, -0.2) is 0 Å². The molecule has 0 saturated heterocycles. The topological polar surface area (TPSA) is 97.6 Å². The molecule has 26 heavy (non-hydrogen) atoms. The molecule has 2 aromatic rings. The molecule has 7 heteroatoms. The standard InChI is InChI=1S/C19H20N2O5/c1-12-9-16(23)18(19(25)21(12)2)15(22)8-7-13-5-4-6-14(10-13)20-17(24)11-26-3/h4-10,23H,11H2,1-3H3,(H,20,24). The Bertz CT molecular complexity index is 928. The van der Waals surface area contributed by atoms with Crippen LogP contribution in [0.5, 0.6) is 5.75 Å². The van der Waals surface area contributed by atoms with Gasteiger partial charge < -0.3 is 19.7 Å². The number of allylic oxidation sites excluding steroid dienone is 1. The smallest absolute Gasteiger partial charge is 0.265 e. The van der Waals surface area contributed by atoms with E-state index in [2.05, 4.69) is 5.32 Å². The average Bonchev–Trinajstić information content (AvgIpc) is 2.58. The van der Waals surface area contributed by atoms with Crippen LogP contribution in [0.1, 0.15) is 21.6 Å². The van der Waals surface area contributed by atoms with Crippen LogP contribution in [-0.4, -0.2) is 35.1 Å². The summed E-state index contributed by atoms with van der Waals surface area (Å²) in [7, 11) is 2.96. The Morgan fingerprint density at radius 1 is 1.31 bits per heavy atom. The molecule has 1 aromatic carbocycles. The van der Waals surface area contributed by atoms with Crippen LogP contribution in [0, 0.1) is 6.92 Å². The van der Waals surface area contributed by atoms with Crippen LogP contribution < -0.4 is 10.9 Å². The van der Waals surface area contributed by atoms with Gasteiger partial charge in [0.05, 0.1) is 0 Å². The fourth-order valence-corrected chi connectivity index (χ4v) is 2.34. The summed E-state index contributed by atoms with van der Waals surface area (Å²) in [6.45, 7) is 1.60. The molecule has 1 heterocycles. The van der Waals surface area contributed by atoms with Crippen molar-refractivity contribution in [3.8, 4) is 5.75 Å². The predicted octanol–water partition coefficient (Wildman–Crippen LogP) is 1.88. The Kier molecular flexibility index (Phi) is 6.08. The van der Waals surface area contributed by atoms with Crippen LogP contribution in [0.2, 0.25) is 0 Å². The number of amides is 1. The number of hydrogen-bond acceptors (Lipinski definition) is 5. The second kappa shape index (κ2) is 8.26. The van der Waals surface area contributed by atoms with Crippen molar-refractivity contribution in [2.75, 3.05) is 19.0 Å². The van der Waals surface area contributed by atoms with Crippen molar-refractivity contribution in [2.45, 2.75) is 6.92 Å². The summed E-state index contributed by atoms with van der Waals surface area (Å²) in [5.74, 6) is -1.24. The summed E-state index contributed by atoms with van der Waals surface area (Å²) in [5.41, 5.74) is 0.914. The van der Waals surface area contributed by atoms with Crippen molar-refractivity contribution in [1.29, 1.82) is 0 Å². The zero-order valence-corrected chi connectivity index (χ0v) is 14.8. The highest BCUT2D eigenvalue weighted by atomic mass is 16.5. The zero-order valence-electron chi connectivity index (χ0n) is 14.8. The number of nitrogens with one attached hydrogen (secondary N) is 1. The van der Waals surface area contributed by atoms with Crippen LogP contribution in [-0.2, 0) is 16.6 Å². The first-order valence-corrected chi connectivity index (χ1v) is 7.84. The molecule has 0 atom stereocenters. The summed E-state index contributed by atoms with van der Waals surface area (Å²) >= 11 is 0. The van der Waals surface area contributed by atoms with E-state index in [1.54, 1.807) is 31.2 Å². The molecule has 0 spiro atoms. The minimum Gasteiger partial charge on any atom is -0.507 e. The van der Waals surface area contributed by atoms with Crippen molar-refractivity contribution < 1.29 is 19.4 Å². The number of rotatable bonds is 6. The number of ether oxygens (including phenoxy) is 1. The summed E-state index contributed by atoms with van der Waals surface area (Å²) in [6, 6.07) is 8.20. The molecule has 2 rings (SSSR count). The molecule has 0 aliphatic rings. The number of aromatic hydroxyl groups is 1. The van der Waals surface area contributed by atoms with Crippen molar-refractivity contribution in [3.05, 3.63) is 63.6 Å². The fourth-order valence-electron chi connectivity index (χ4n) is 2.34. The lowest BCUT2D eigenvalue weighted by Gasteiger charge is -2.07. The molecular formula is C19H20N2O5. The SMILES string of the molecule is COCC(=O)Nc1cccc(C=CC(=O)c2c(O)cc(C)n(C)c2=O)c1. The molecule has 1 amide bonds. The molecular weight excluding hydrogens is 336 g/mol. The third-order valence-corrected chi connectivity index (χ3v) is 3.77. The first-order chi connectivity index (χ1) is 12.3. The monoisotopic (exact) mass is 356 g/mol. The van der Waals surface area contributed by atoms with E-state index in [0.717, 1.165) is 0 Å². The second-order valence-corrected chi connectivity index (χ2v) is 5.71. The molecule has 2 N–H and O–H groups in total. The Morgan fingerprint density at radius 2 is 2.04 bits per heavy atom. The van der Waals surface area contributed by atoms with E-state index < -0.39 is 11.3 Å². The largest absolute Gasteiger partial charge is 0.507 e. The van der Waals surface area contributed by atoms with Gasteiger partial charge in [0, 0.05) is 31.6 Å². The van der Waals surface area contributed by atoms with Crippen LogP contribution >= 0.6 is 0 Å². The van der Waals surface area contributed by atoms with Gasteiger partial charge in [-0.15, -0.1) is 0 Å². The number of carbonyl (C=O) groups excluding carboxylic acids is 2. The quantitative estimate of drug-likeness (QED) is 0.608. The van der Waals surface area contributed by atoms with Gasteiger partial charge in [-0.05, 0) is 30.7 Å². The van der Waals surface area contributed by atoms with E-state index >= 15 is 0 Å². The van der Waals surface area contributed by atoms with Crippen molar-refractivity contribution in [2.24, 2.45) is 7.05 Å². The van der Waals surface area contributed by atoms with E-state index in [-0.39, 0.29) is 23.8 Å². The van der Waals surface area contributed by atoms with Gasteiger partial charge in [-0.2, -0.15) is 0 Å². The van der Waals surface area contributed by atoms with Gasteiger partial charge in [-0.1, -0.05) is 18.2 Å². The lowest BCUT2D eigenvalue weighted by atomic mass is 10.1. The van der Waals surface area contributed by atoms with Crippen LogP contribution in [0.25, 0.3) is 6.08 Å². The Balaban J connectivity index is 2.23. The number of anilines is 1. The maximum atomic E-state index is 12.3. The highest BCUT2D eigenvalue weighted by Gasteiger charge is 2.16. The fraction of sp³-hybridized carbons (Fsp3) is 0.211. The molecule has 0 unspecified atom stereocenters. The van der Waals surface area contributed by atoms with Crippen molar-refractivity contribution in [1.82, 2.24) is 4.57 Å². The number of methoxy groups -OCH3 is 1. The van der Waals surface area contributed by atoms with Crippen molar-refractivity contribution >= 4 is 23.5 Å². The summed E-state index contributed by atoms with van der Waals surface area (Å²) < 4.78 is 6.05. The van der Waals surface area contributed by atoms with Crippen LogP contribution in [0.15, 0.2) is 41.2 Å². The van der Waals surface area contributed by atoms with Crippen LogP contribution in [0.3, 0.4) is 0 Å². The first-order valence-electron chi connectivity index (χ1n) is 7.84. The van der Waals surface area contributed by atoms with E-state index in [4.69, 9.17) is 4.74 Å². The number of benzene rings is 1. The zero-order chi connectivity index (χ0) is 19.3. The first kappa shape index (κ1) is 19.1. The van der Waals surface area contributed by atoms with E-state index in [9.17, 15) is 19.5 Å². The molecule has 0 aliphatic heterocycles. The molecule has 136 valence electrons. The lowest BCUT2D eigenvalue weighted by Crippen LogP contribution is -2.25. The van der Waals surface area contributed by atoms with Crippen LogP contribution in [0.4, 0.5) is 5.69 Å². The third-order valence-electron chi connectivity index (χ3n) is 3.77. The molecule has 0 aliphatic carbocycles. The molecule has 0 saturated carbocycles. The van der Waals surface area contributed by atoms with E-state index in [1.807, 2.05) is 0 Å². The van der Waals surface area contributed by atoms with Gasteiger partial charge in [0.15, 0.2) is 5.78 Å². The average molecular weight is 356 g/mol. The molecule has 1 aromatic heterocycles. The highest BCUT2D eigenvalue weighted by molar-refractivity contribution is 6.08. The normalized spacial score (nSPS) is 10.9. The number of aryl methyl sites for hydroxylation is 1. The number of hydrogen-bond donors (Lipinski definition) is 2. The van der Waals surface area contributed by atoms with Gasteiger partial charge in [0.25, 0.3) is 5.56 Å². The Hall–Kier alpha value is -3.19. The summed E-state index contributed by atoms with van der Waals surface area (Å²) in [5, 5.41) is 12.6. The molecule has 0 radical (unpaired) electrons. The molecule has 0 fully saturated rings. The van der Waals surface area contributed by atoms with Gasteiger partial charge >= 0.3 is 0 Å². The van der Waals surface area contributed by atoms with Gasteiger partial charge in [-0.3, -0.25) is 14.4 Å². The van der Waals surface area contributed by atoms with Gasteiger partial charge in [0.2, 0.25) is 5.91 Å². The molecule has 0 bridgehead atoms. The number of carbonyl (C=O) groups is 2. The van der Waals surface area contributed by atoms with Gasteiger partial charge in [0.1, 0.15) is 17.9 Å². The predicted molar refractivity (Wildman–Crippen MR) is 98.4 cm³/mol. The maximum absolute atomic E-state index is 12.3. The van der Waals surface area contributed by atoms with E-state index in [1.165, 1.54) is 36.9 Å². The number of ketones is 1. The summed E-state index contributed by atoms with van der Waals surface area (Å²) in [6.07, 6.45) is 2.72. The number of aromatic nitrogens is 1. The van der Waals surface area contributed by atoms with Crippen molar-refractivity contribution in [3.63, 3.8) is 0 Å². The number of nitrogens with zero attached hydrogens (tertiary/aromatic N) is 1.